The largest absolute Gasteiger partial charge is 0.293 e. The normalized spacial score (nSPS) is 12.2. The van der Waals surface area contributed by atoms with Crippen molar-refractivity contribution in [3.63, 3.8) is 0 Å². The zero-order chi connectivity index (χ0) is 14.7. The SMILES string of the molecule is Cc1ccccc1C(=O)CS(=O)c1ccc(F)c(F)c1. The first kappa shape index (κ1) is 14.5. The molecule has 2 aromatic carbocycles. The summed E-state index contributed by atoms with van der Waals surface area (Å²) in [5.74, 6) is -2.61. The average Bonchev–Trinajstić information content (AvgIpc) is 2.42. The number of hydrogen-bond acceptors (Lipinski definition) is 2. The van der Waals surface area contributed by atoms with Gasteiger partial charge in [0.15, 0.2) is 17.4 Å². The minimum absolute atomic E-state index is 0.103. The lowest BCUT2D eigenvalue weighted by molar-refractivity contribution is 0.102. The third-order valence-corrected chi connectivity index (χ3v) is 4.17. The fourth-order valence-electron chi connectivity index (χ4n) is 1.78. The maximum atomic E-state index is 13.1. The molecule has 0 aliphatic carbocycles. The van der Waals surface area contributed by atoms with Gasteiger partial charge in [-0.15, -0.1) is 0 Å². The van der Waals surface area contributed by atoms with Crippen LogP contribution in [0.4, 0.5) is 8.78 Å². The number of carbonyl (C=O) groups excluding carboxylic acids is 1. The molecule has 0 aliphatic heterocycles. The van der Waals surface area contributed by atoms with Crippen LogP contribution in [0.2, 0.25) is 0 Å². The average molecular weight is 294 g/mol. The number of rotatable bonds is 4. The fraction of sp³-hybridized carbons (Fsp3) is 0.133. The molecule has 0 aromatic heterocycles. The van der Waals surface area contributed by atoms with Crippen LogP contribution in [0, 0.1) is 18.6 Å². The molecule has 0 bridgehead atoms. The number of aryl methyl sites for hydroxylation is 1. The van der Waals surface area contributed by atoms with Crippen molar-refractivity contribution in [2.45, 2.75) is 11.8 Å². The number of halogens is 2. The smallest absolute Gasteiger partial charge is 0.175 e. The van der Waals surface area contributed by atoms with Crippen LogP contribution < -0.4 is 0 Å². The molecule has 2 nitrogen and oxygen atoms in total. The van der Waals surface area contributed by atoms with E-state index in [0.29, 0.717) is 5.56 Å². The minimum Gasteiger partial charge on any atom is -0.293 e. The van der Waals surface area contributed by atoms with Crippen LogP contribution in [0.1, 0.15) is 15.9 Å². The lowest BCUT2D eigenvalue weighted by Gasteiger charge is -2.05. The summed E-state index contributed by atoms with van der Waals surface area (Å²) in [7, 11) is -1.70. The Kier molecular flexibility index (Phi) is 4.39. The van der Waals surface area contributed by atoms with E-state index < -0.39 is 22.4 Å². The molecule has 0 saturated carbocycles. The summed E-state index contributed by atoms with van der Waals surface area (Å²) in [5, 5.41) is 0. The van der Waals surface area contributed by atoms with Gasteiger partial charge in [-0.1, -0.05) is 24.3 Å². The van der Waals surface area contributed by atoms with Crippen molar-refractivity contribution in [1.29, 1.82) is 0 Å². The van der Waals surface area contributed by atoms with E-state index in [1.807, 2.05) is 0 Å². The van der Waals surface area contributed by atoms with Gasteiger partial charge < -0.3 is 0 Å². The molecule has 0 spiro atoms. The first-order valence-corrected chi connectivity index (χ1v) is 7.23. The van der Waals surface area contributed by atoms with Gasteiger partial charge >= 0.3 is 0 Å². The van der Waals surface area contributed by atoms with Gasteiger partial charge in [-0.25, -0.2) is 8.78 Å². The third kappa shape index (κ3) is 3.17. The molecule has 5 heteroatoms. The monoisotopic (exact) mass is 294 g/mol. The molecule has 1 atom stereocenters. The maximum absolute atomic E-state index is 13.1. The quantitative estimate of drug-likeness (QED) is 0.811. The molecule has 104 valence electrons. The number of ketones is 1. The zero-order valence-corrected chi connectivity index (χ0v) is 11.5. The van der Waals surface area contributed by atoms with Gasteiger partial charge in [0.1, 0.15) is 0 Å². The van der Waals surface area contributed by atoms with Crippen LogP contribution >= 0.6 is 0 Å². The first-order chi connectivity index (χ1) is 9.49. The van der Waals surface area contributed by atoms with Gasteiger partial charge in [0, 0.05) is 10.5 Å². The summed E-state index contributed by atoms with van der Waals surface area (Å²) in [5.41, 5.74) is 1.28. The van der Waals surface area contributed by atoms with E-state index >= 15 is 0 Å². The van der Waals surface area contributed by atoms with E-state index in [0.717, 1.165) is 17.7 Å². The van der Waals surface area contributed by atoms with Gasteiger partial charge in [-0.3, -0.25) is 9.00 Å². The second-order valence-corrected chi connectivity index (χ2v) is 5.75. The molecule has 0 N–H and O–H groups in total. The lowest BCUT2D eigenvalue weighted by Crippen LogP contribution is -2.12. The summed E-state index contributed by atoms with van der Waals surface area (Å²) < 4.78 is 37.9. The molecule has 2 rings (SSSR count). The topological polar surface area (TPSA) is 34.1 Å². The Balaban J connectivity index is 2.17. The molecule has 0 radical (unpaired) electrons. The first-order valence-electron chi connectivity index (χ1n) is 5.91. The number of Topliss-reactive ketones (excluding diaryl/α,β-unsaturated/α-hetero) is 1. The second kappa shape index (κ2) is 6.05. The molecule has 20 heavy (non-hydrogen) atoms. The highest BCUT2D eigenvalue weighted by Crippen LogP contribution is 2.15. The van der Waals surface area contributed by atoms with Crippen LogP contribution in [0.5, 0.6) is 0 Å². The summed E-state index contributed by atoms with van der Waals surface area (Å²) in [4.78, 5) is 12.1. The van der Waals surface area contributed by atoms with Crippen molar-refractivity contribution in [3.05, 3.63) is 65.2 Å². The van der Waals surface area contributed by atoms with Crippen LogP contribution in [0.15, 0.2) is 47.4 Å². The summed E-state index contributed by atoms with van der Waals surface area (Å²) >= 11 is 0. The molecule has 0 fully saturated rings. The molecular weight excluding hydrogens is 282 g/mol. The van der Waals surface area contributed by atoms with Crippen molar-refractivity contribution in [1.82, 2.24) is 0 Å². The Bertz CT molecular complexity index is 683. The van der Waals surface area contributed by atoms with E-state index in [2.05, 4.69) is 0 Å². The molecule has 0 amide bonds. The molecule has 2 aromatic rings. The fourth-order valence-corrected chi connectivity index (χ4v) is 2.80. The summed E-state index contributed by atoms with van der Waals surface area (Å²) in [6, 6.07) is 9.95. The van der Waals surface area contributed by atoms with Crippen molar-refractivity contribution < 1.29 is 17.8 Å². The van der Waals surface area contributed by atoms with Gasteiger partial charge in [0.2, 0.25) is 0 Å². The van der Waals surface area contributed by atoms with Crippen LogP contribution in [-0.4, -0.2) is 15.7 Å². The molecule has 1 unspecified atom stereocenters. The van der Waals surface area contributed by atoms with E-state index in [1.54, 1.807) is 31.2 Å². The summed E-state index contributed by atoms with van der Waals surface area (Å²) in [6.45, 7) is 1.79. The standard InChI is InChI=1S/C15H12F2O2S/c1-10-4-2-3-5-12(10)15(18)9-20(19)11-6-7-13(16)14(17)8-11/h2-8H,9H2,1H3. The van der Waals surface area contributed by atoms with Gasteiger partial charge in [-0.05, 0) is 30.7 Å². The minimum atomic E-state index is -1.70. The number of hydrogen-bond donors (Lipinski definition) is 0. The molecule has 0 aliphatic rings. The number of benzene rings is 2. The van der Waals surface area contributed by atoms with E-state index in [4.69, 9.17) is 0 Å². The second-order valence-electron chi connectivity index (χ2n) is 4.30. The van der Waals surface area contributed by atoms with Gasteiger partial charge in [-0.2, -0.15) is 0 Å². The third-order valence-electron chi connectivity index (χ3n) is 2.86. The molecular formula is C15H12F2O2S. The summed E-state index contributed by atoms with van der Waals surface area (Å²) in [6.07, 6.45) is 0. The highest BCUT2D eigenvalue weighted by Gasteiger charge is 2.15. The predicted octanol–water partition coefficient (Wildman–Crippen LogP) is 3.26. The maximum Gasteiger partial charge on any atom is 0.175 e. The Hall–Kier alpha value is -1.88. The van der Waals surface area contributed by atoms with Crippen LogP contribution in [-0.2, 0) is 10.8 Å². The molecule has 0 heterocycles. The van der Waals surface area contributed by atoms with Crippen molar-refractivity contribution in [2.24, 2.45) is 0 Å². The van der Waals surface area contributed by atoms with Gasteiger partial charge in [0.05, 0.1) is 16.6 Å². The van der Waals surface area contributed by atoms with Crippen molar-refractivity contribution in [2.75, 3.05) is 5.75 Å². The van der Waals surface area contributed by atoms with Gasteiger partial charge in [0.25, 0.3) is 0 Å². The van der Waals surface area contributed by atoms with E-state index in [-0.39, 0.29) is 16.4 Å². The lowest BCUT2D eigenvalue weighted by atomic mass is 10.1. The van der Waals surface area contributed by atoms with Crippen LogP contribution in [0.3, 0.4) is 0 Å². The molecule has 0 saturated heterocycles. The Morgan fingerprint density at radius 3 is 2.45 bits per heavy atom. The van der Waals surface area contributed by atoms with Crippen molar-refractivity contribution >= 4 is 16.6 Å². The Labute approximate surface area is 117 Å². The Morgan fingerprint density at radius 1 is 1.10 bits per heavy atom. The Morgan fingerprint density at radius 2 is 1.80 bits per heavy atom. The van der Waals surface area contributed by atoms with Crippen LogP contribution in [0.25, 0.3) is 0 Å². The van der Waals surface area contributed by atoms with E-state index in [1.165, 1.54) is 6.07 Å². The highest BCUT2D eigenvalue weighted by atomic mass is 32.2. The predicted molar refractivity (Wildman–Crippen MR) is 73.1 cm³/mol. The zero-order valence-electron chi connectivity index (χ0n) is 10.7. The highest BCUT2D eigenvalue weighted by molar-refractivity contribution is 7.85. The number of carbonyl (C=O) groups is 1. The van der Waals surface area contributed by atoms with E-state index in [9.17, 15) is 17.8 Å². The van der Waals surface area contributed by atoms with Crippen molar-refractivity contribution in [3.8, 4) is 0 Å².